The first kappa shape index (κ1) is 15.7. The van der Waals surface area contributed by atoms with Gasteiger partial charge in [0.1, 0.15) is 6.42 Å². The van der Waals surface area contributed by atoms with E-state index in [2.05, 4.69) is 22.5 Å². The predicted octanol–water partition coefficient (Wildman–Crippen LogP) is 2.29. The number of benzene rings is 1. The summed E-state index contributed by atoms with van der Waals surface area (Å²) in [7, 11) is 0. The van der Waals surface area contributed by atoms with E-state index in [1.807, 2.05) is 36.4 Å². The molecule has 0 aliphatic heterocycles. The molecule has 1 aromatic heterocycles. The molecule has 0 unspecified atom stereocenters. The molecule has 2 amide bonds. The largest absolute Gasteiger partial charge is 0.352 e. The molecule has 2 N–H and O–H groups in total. The Kier molecular flexibility index (Phi) is 5.65. The number of nitrogens with zero attached hydrogens (tertiary/aromatic N) is 1. The van der Waals surface area contributed by atoms with Crippen LogP contribution in [0.1, 0.15) is 24.5 Å². The van der Waals surface area contributed by atoms with Gasteiger partial charge in [0.05, 0.1) is 0 Å². The average molecular weight is 297 g/mol. The monoisotopic (exact) mass is 297 g/mol. The first-order valence-corrected chi connectivity index (χ1v) is 7.21. The molecular weight excluding hydrogens is 278 g/mol. The number of nitrogens with one attached hydrogen (secondary N) is 2. The summed E-state index contributed by atoms with van der Waals surface area (Å²) in [5, 5.41) is 5.42. The predicted molar refractivity (Wildman–Crippen MR) is 85.2 cm³/mol. The fourth-order valence-corrected chi connectivity index (χ4v) is 1.94. The van der Waals surface area contributed by atoms with Crippen LogP contribution in [0.2, 0.25) is 0 Å². The number of hydrogen-bond donors (Lipinski definition) is 2. The fraction of sp³-hybridized carbons (Fsp3) is 0.235. The number of anilines is 1. The van der Waals surface area contributed by atoms with Gasteiger partial charge in [-0.3, -0.25) is 14.6 Å². The Morgan fingerprint density at radius 1 is 0.955 bits per heavy atom. The summed E-state index contributed by atoms with van der Waals surface area (Å²) < 4.78 is 0. The molecule has 2 rings (SSSR count). The molecule has 0 atom stereocenters. The minimum atomic E-state index is -0.323. The highest BCUT2D eigenvalue weighted by atomic mass is 16.2. The van der Waals surface area contributed by atoms with Crippen LogP contribution in [0, 0.1) is 0 Å². The summed E-state index contributed by atoms with van der Waals surface area (Å²) in [6.45, 7) is 2.46. The molecule has 1 aromatic carbocycles. The molecule has 0 aliphatic carbocycles. The average Bonchev–Trinajstić information content (AvgIpc) is 2.54. The molecule has 1 heterocycles. The molecular formula is C17H19N3O2. The van der Waals surface area contributed by atoms with Gasteiger partial charge in [-0.05, 0) is 41.8 Å². The molecule has 0 fully saturated rings. The van der Waals surface area contributed by atoms with E-state index in [1.165, 1.54) is 5.56 Å². The Balaban J connectivity index is 1.77. The first-order chi connectivity index (χ1) is 10.7. The van der Waals surface area contributed by atoms with Crippen molar-refractivity contribution >= 4 is 17.5 Å². The number of aromatic nitrogens is 1. The molecule has 0 aliphatic rings. The van der Waals surface area contributed by atoms with Gasteiger partial charge in [-0.1, -0.05) is 19.1 Å². The van der Waals surface area contributed by atoms with E-state index in [-0.39, 0.29) is 18.2 Å². The second-order valence-corrected chi connectivity index (χ2v) is 4.91. The zero-order chi connectivity index (χ0) is 15.8. The second kappa shape index (κ2) is 7.93. The highest BCUT2D eigenvalue weighted by molar-refractivity contribution is 6.03. The lowest BCUT2D eigenvalue weighted by molar-refractivity contribution is -0.126. The van der Waals surface area contributed by atoms with E-state index >= 15 is 0 Å². The zero-order valence-electron chi connectivity index (χ0n) is 12.5. The summed E-state index contributed by atoms with van der Waals surface area (Å²) in [6, 6.07) is 11.2. The number of carbonyl (C=O) groups excluding carboxylic acids is 2. The van der Waals surface area contributed by atoms with Crippen molar-refractivity contribution in [3.8, 4) is 0 Å². The molecule has 114 valence electrons. The van der Waals surface area contributed by atoms with Gasteiger partial charge in [-0.15, -0.1) is 0 Å². The van der Waals surface area contributed by atoms with Crippen LogP contribution in [0.4, 0.5) is 5.69 Å². The molecule has 0 spiro atoms. The number of hydrogen-bond acceptors (Lipinski definition) is 3. The van der Waals surface area contributed by atoms with Crippen LogP contribution in [0.3, 0.4) is 0 Å². The lowest BCUT2D eigenvalue weighted by atomic mass is 10.1. The third kappa shape index (κ3) is 5.01. The van der Waals surface area contributed by atoms with E-state index < -0.39 is 0 Å². The van der Waals surface area contributed by atoms with Gasteiger partial charge in [0, 0.05) is 24.6 Å². The van der Waals surface area contributed by atoms with E-state index in [9.17, 15) is 9.59 Å². The lowest BCUT2D eigenvalue weighted by Crippen LogP contribution is -2.27. The van der Waals surface area contributed by atoms with Crippen molar-refractivity contribution in [1.29, 1.82) is 0 Å². The summed E-state index contributed by atoms with van der Waals surface area (Å²) in [4.78, 5) is 27.4. The summed E-state index contributed by atoms with van der Waals surface area (Å²) in [5.41, 5.74) is 2.84. The van der Waals surface area contributed by atoms with Crippen LogP contribution in [0.5, 0.6) is 0 Å². The van der Waals surface area contributed by atoms with Crippen LogP contribution in [-0.2, 0) is 22.6 Å². The maximum atomic E-state index is 11.8. The molecule has 22 heavy (non-hydrogen) atoms. The topological polar surface area (TPSA) is 71.1 Å². The van der Waals surface area contributed by atoms with Crippen LogP contribution in [0.15, 0.2) is 48.8 Å². The maximum Gasteiger partial charge on any atom is 0.233 e. The van der Waals surface area contributed by atoms with E-state index in [4.69, 9.17) is 0 Å². The van der Waals surface area contributed by atoms with Crippen molar-refractivity contribution in [1.82, 2.24) is 10.3 Å². The Bertz CT molecular complexity index is 624. The van der Waals surface area contributed by atoms with Crippen molar-refractivity contribution in [2.75, 3.05) is 5.32 Å². The highest BCUT2D eigenvalue weighted by Gasteiger charge is 2.09. The Morgan fingerprint density at radius 3 is 2.27 bits per heavy atom. The highest BCUT2D eigenvalue weighted by Crippen LogP contribution is 2.10. The number of pyridine rings is 1. The van der Waals surface area contributed by atoms with Gasteiger partial charge in [-0.2, -0.15) is 0 Å². The van der Waals surface area contributed by atoms with E-state index in [0.717, 1.165) is 12.0 Å². The quantitative estimate of drug-likeness (QED) is 0.804. The molecule has 5 heteroatoms. The van der Waals surface area contributed by atoms with Crippen molar-refractivity contribution in [3.63, 3.8) is 0 Å². The maximum absolute atomic E-state index is 11.8. The standard InChI is InChI=1S/C17H19N3O2/c1-2-13-3-5-15(6-4-13)20-17(22)11-16(21)19-12-14-7-9-18-10-8-14/h3-10H,2,11-12H2,1H3,(H,19,21)(H,20,22). The molecule has 0 bridgehead atoms. The molecule has 2 aromatic rings. The van der Waals surface area contributed by atoms with Crippen LogP contribution in [0.25, 0.3) is 0 Å². The smallest absolute Gasteiger partial charge is 0.233 e. The SMILES string of the molecule is CCc1ccc(NC(=O)CC(=O)NCc2ccncc2)cc1. The molecule has 0 saturated heterocycles. The minimum Gasteiger partial charge on any atom is -0.352 e. The van der Waals surface area contributed by atoms with Crippen molar-refractivity contribution in [3.05, 3.63) is 59.9 Å². The van der Waals surface area contributed by atoms with E-state index in [0.29, 0.717) is 12.2 Å². The summed E-state index contributed by atoms with van der Waals surface area (Å²) >= 11 is 0. The van der Waals surface area contributed by atoms with Gasteiger partial charge in [-0.25, -0.2) is 0 Å². The Hall–Kier alpha value is -2.69. The van der Waals surface area contributed by atoms with Gasteiger partial charge in [0.15, 0.2) is 0 Å². The molecule has 0 saturated carbocycles. The zero-order valence-corrected chi connectivity index (χ0v) is 12.5. The van der Waals surface area contributed by atoms with Crippen LogP contribution >= 0.6 is 0 Å². The third-order valence-electron chi connectivity index (χ3n) is 3.21. The Morgan fingerprint density at radius 2 is 1.64 bits per heavy atom. The number of carbonyl (C=O) groups is 2. The van der Waals surface area contributed by atoms with Crippen molar-refractivity contribution in [2.24, 2.45) is 0 Å². The number of aryl methyl sites for hydroxylation is 1. The Labute approximate surface area is 129 Å². The van der Waals surface area contributed by atoms with Crippen LogP contribution in [-0.4, -0.2) is 16.8 Å². The van der Waals surface area contributed by atoms with Crippen molar-refractivity contribution in [2.45, 2.75) is 26.3 Å². The normalized spacial score (nSPS) is 10.0. The molecule has 5 nitrogen and oxygen atoms in total. The summed E-state index contributed by atoms with van der Waals surface area (Å²) in [5.74, 6) is -0.629. The fourth-order valence-electron chi connectivity index (χ4n) is 1.94. The van der Waals surface area contributed by atoms with Crippen molar-refractivity contribution < 1.29 is 9.59 Å². The third-order valence-corrected chi connectivity index (χ3v) is 3.21. The van der Waals surface area contributed by atoms with Gasteiger partial charge >= 0.3 is 0 Å². The first-order valence-electron chi connectivity index (χ1n) is 7.21. The number of rotatable bonds is 6. The van der Waals surface area contributed by atoms with Gasteiger partial charge in [0.25, 0.3) is 0 Å². The van der Waals surface area contributed by atoms with E-state index in [1.54, 1.807) is 12.4 Å². The van der Waals surface area contributed by atoms with Gasteiger partial charge in [0.2, 0.25) is 11.8 Å². The lowest BCUT2D eigenvalue weighted by Gasteiger charge is -2.07. The van der Waals surface area contributed by atoms with Gasteiger partial charge < -0.3 is 10.6 Å². The number of amides is 2. The van der Waals surface area contributed by atoms with Crippen LogP contribution < -0.4 is 10.6 Å². The minimum absolute atomic E-state index is 0.194. The summed E-state index contributed by atoms with van der Waals surface area (Å²) in [6.07, 6.45) is 4.08. The second-order valence-electron chi connectivity index (χ2n) is 4.91. The molecule has 0 radical (unpaired) electrons.